The number of aromatic nitrogens is 3. The zero-order valence-electron chi connectivity index (χ0n) is 16.0. The number of ether oxygens (including phenoxy) is 1. The van der Waals surface area contributed by atoms with Gasteiger partial charge in [0, 0.05) is 31.1 Å². The largest absolute Gasteiger partial charge is 0.452 e. The maximum atomic E-state index is 13.1. The van der Waals surface area contributed by atoms with Gasteiger partial charge in [0.05, 0.1) is 23.7 Å². The van der Waals surface area contributed by atoms with Crippen LogP contribution in [0.25, 0.3) is 0 Å². The van der Waals surface area contributed by atoms with Gasteiger partial charge in [0.1, 0.15) is 5.82 Å². The quantitative estimate of drug-likeness (QED) is 0.750. The summed E-state index contributed by atoms with van der Waals surface area (Å²) >= 11 is 0. The molecule has 2 aliphatic heterocycles. The van der Waals surface area contributed by atoms with Gasteiger partial charge >= 0.3 is 12.2 Å². The number of halogens is 3. The molecule has 5 rings (SSSR count). The highest BCUT2D eigenvalue weighted by Crippen LogP contribution is 2.39. The van der Waals surface area contributed by atoms with Crippen LogP contribution in [-0.2, 0) is 6.18 Å². The summed E-state index contributed by atoms with van der Waals surface area (Å²) in [6.07, 6.45) is 3.54. The molecule has 158 valence electrons. The molecule has 2 aromatic rings. The maximum Gasteiger partial charge on any atom is 0.417 e. The number of hydrogen-bond donors (Lipinski definition) is 0. The summed E-state index contributed by atoms with van der Waals surface area (Å²) in [4.78, 5) is 28.8. The number of fused-ring (bicyclic) bond motifs is 1. The van der Waals surface area contributed by atoms with Crippen LogP contribution in [0.2, 0.25) is 0 Å². The highest BCUT2D eigenvalue weighted by atomic mass is 19.4. The SMILES string of the molecule is O=C1N(c2ccc(C(F)(F)F)cn2)CC[C@@H]2CC[C@H](Oc3cnc(C4CC4)cn3)N12. The van der Waals surface area contributed by atoms with Crippen LogP contribution in [0.4, 0.5) is 23.8 Å². The molecule has 2 atom stereocenters. The molecule has 0 spiro atoms. The molecule has 0 N–H and O–H groups in total. The zero-order chi connectivity index (χ0) is 20.9. The molecule has 3 fully saturated rings. The van der Waals surface area contributed by atoms with Crippen LogP contribution in [0, 0.1) is 0 Å². The van der Waals surface area contributed by atoms with Crippen molar-refractivity contribution < 1.29 is 22.7 Å². The van der Waals surface area contributed by atoms with Crippen molar-refractivity contribution in [3.05, 3.63) is 42.0 Å². The van der Waals surface area contributed by atoms with Crippen molar-refractivity contribution in [2.45, 2.75) is 56.5 Å². The van der Waals surface area contributed by atoms with Gasteiger partial charge < -0.3 is 4.74 Å². The molecule has 0 unspecified atom stereocenters. The van der Waals surface area contributed by atoms with E-state index in [-0.39, 0.29) is 17.9 Å². The van der Waals surface area contributed by atoms with Crippen LogP contribution in [0.15, 0.2) is 30.7 Å². The first kappa shape index (κ1) is 19.1. The molecule has 0 radical (unpaired) electrons. The van der Waals surface area contributed by atoms with Gasteiger partial charge in [0.15, 0.2) is 6.23 Å². The Bertz CT molecular complexity index is 931. The molecular weight excluding hydrogens is 399 g/mol. The van der Waals surface area contributed by atoms with Gasteiger partial charge in [-0.05, 0) is 37.8 Å². The van der Waals surface area contributed by atoms with Crippen LogP contribution in [-0.4, -0.2) is 44.7 Å². The van der Waals surface area contributed by atoms with Crippen LogP contribution in [0.3, 0.4) is 0 Å². The van der Waals surface area contributed by atoms with Crippen LogP contribution in [0.5, 0.6) is 5.88 Å². The standard InChI is InChI=1S/C20H20F3N5O2/c21-20(22,23)13-3-5-16(25-9-13)27-8-7-14-4-6-18(28(14)19(27)29)30-17-11-24-15(10-26-17)12-1-2-12/h3,5,9-12,14,18H,1-2,4,6-8H2/t14-,18-/m0/s1. The number of anilines is 1. The lowest BCUT2D eigenvalue weighted by Crippen LogP contribution is -2.56. The number of pyridine rings is 1. The van der Waals surface area contributed by atoms with Crippen molar-refractivity contribution in [3.63, 3.8) is 0 Å². The molecule has 2 aromatic heterocycles. The molecule has 30 heavy (non-hydrogen) atoms. The van der Waals surface area contributed by atoms with Crippen LogP contribution >= 0.6 is 0 Å². The van der Waals surface area contributed by atoms with E-state index in [4.69, 9.17) is 4.74 Å². The predicted octanol–water partition coefficient (Wildman–Crippen LogP) is 3.97. The lowest BCUT2D eigenvalue weighted by Gasteiger charge is -2.39. The smallest absolute Gasteiger partial charge is 0.417 e. The monoisotopic (exact) mass is 419 g/mol. The normalized spacial score (nSPS) is 24.2. The summed E-state index contributed by atoms with van der Waals surface area (Å²) < 4.78 is 44.3. The minimum atomic E-state index is -4.47. The number of alkyl halides is 3. The Labute approximate surface area is 170 Å². The molecule has 4 heterocycles. The molecule has 2 saturated heterocycles. The molecule has 10 heteroatoms. The Balaban J connectivity index is 1.31. The molecule has 1 saturated carbocycles. The number of hydrogen-bond acceptors (Lipinski definition) is 5. The van der Waals surface area contributed by atoms with E-state index >= 15 is 0 Å². The third-order valence-corrected chi connectivity index (χ3v) is 5.84. The molecule has 0 aromatic carbocycles. The van der Waals surface area contributed by atoms with E-state index in [1.165, 1.54) is 11.0 Å². The lowest BCUT2D eigenvalue weighted by molar-refractivity contribution is -0.137. The Morgan fingerprint density at radius 3 is 2.43 bits per heavy atom. The van der Waals surface area contributed by atoms with Gasteiger partial charge in [0.2, 0.25) is 5.88 Å². The summed E-state index contributed by atoms with van der Waals surface area (Å²) in [5.41, 5.74) is 0.115. The number of nitrogens with zero attached hydrogens (tertiary/aromatic N) is 5. The molecule has 1 aliphatic carbocycles. The van der Waals surface area contributed by atoms with Gasteiger partial charge in [-0.1, -0.05) is 0 Å². The topological polar surface area (TPSA) is 71.5 Å². The van der Waals surface area contributed by atoms with E-state index in [9.17, 15) is 18.0 Å². The van der Waals surface area contributed by atoms with Gasteiger partial charge in [-0.2, -0.15) is 13.2 Å². The fourth-order valence-electron chi connectivity index (χ4n) is 4.08. The van der Waals surface area contributed by atoms with E-state index in [2.05, 4.69) is 15.0 Å². The summed E-state index contributed by atoms with van der Waals surface area (Å²) in [7, 11) is 0. The Morgan fingerprint density at radius 1 is 0.967 bits per heavy atom. The van der Waals surface area contributed by atoms with Crippen molar-refractivity contribution in [3.8, 4) is 5.88 Å². The highest BCUT2D eigenvalue weighted by Gasteiger charge is 2.44. The van der Waals surface area contributed by atoms with Gasteiger partial charge in [-0.3, -0.25) is 14.8 Å². The average molecular weight is 419 g/mol. The van der Waals surface area contributed by atoms with E-state index in [1.807, 2.05) is 0 Å². The van der Waals surface area contributed by atoms with Crippen molar-refractivity contribution >= 4 is 11.8 Å². The highest BCUT2D eigenvalue weighted by molar-refractivity contribution is 5.92. The molecular formula is C20H20F3N5O2. The zero-order valence-corrected chi connectivity index (χ0v) is 16.0. The van der Waals surface area contributed by atoms with Crippen molar-refractivity contribution in [2.24, 2.45) is 0 Å². The third kappa shape index (κ3) is 3.54. The van der Waals surface area contributed by atoms with Gasteiger partial charge in [-0.25, -0.2) is 14.8 Å². The summed E-state index contributed by atoms with van der Waals surface area (Å²) in [5, 5.41) is 0. The van der Waals surface area contributed by atoms with Crippen LogP contribution in [0.1, 0.15) is 49.3 Å². The van der Waals surface area contributed by atoms with E-state index < -0.39 is 18.0 Å². The molecule has 3 aliphatic rings. The minimum Gasteiger partial charge on any atom is -0.452 e. The first-order chi connectivity index (χ1) is 14.4. The molecule has 7 nitrogen and oxygen atoms in total. The Hall–Kier alpha value is -2.91. The van der Waals surface area contributed by atoms with Crippen LogP contribution < -0.4 is 9.64 Å². The fourth-order valence-corrected chi connectivity index (χ4v) is 4.08. The van der Waals surface area contributed by atoms with Crippen molar-refractivity contribution in [2.75, 3.05) is 11.4 Å². The second-order valence-electron chi connectivity index (χ2n) is 7.89. The van der Waals surface area contributed by atoms with Gasteiger partial charge in [0.25, 0.3) is 0 Å². The summed E-state index contributed by atoms with van der Waals surface area (Å²) in [6, 6.07) is 1.89. The number of amides is 2. The van der Waals surface area contributed by atoms with Crippen molar-refractivity contribution in [1.29, 1.82) is 0 Å². The Kier molecular flexibility index (Phi) is 4.52. The Morgan fingerprint density at radius 2 is 1.80 bits per heavy atom. The number of rotatable bonds is 4. The fraction of sp³-hybridized carbons (Fsp3) is 0.500. The minimum absolute atomic E-state index is 0.0342. The average Bonchev–Trinajstić information content (AvgIpc) is 3.50. The number of carbonyl (C=O) groups excluding carboxylic acids is 1. The van der Waals surface area contributed by atoms with E-state index in [0.29, 0.717) is 31.2 Å². The predicted molar refractivity (Wildman–Crippen MR) is 99.9 cm³/mol. The van der Waals surface area contributed by atoms with E-state index in [1.54, 1.807) is 17.3 Å². The summed E-state index contributed by atoms with van der Waals surface area (Å²) in [6.45, 7) is 0.404. The second-order valence-corrected chi connectivity index (χ2v) is 7.89. The first-order valence-electron chi connectivity index (χ1n) is 10.0. The molecule has 0 bridgehead atoms. The second kappa shape index (κ2) is 7.10. The molecule has 2 amide bonds. The number of carbonyl (C=O) groups is 1. The number of urea groups is 1. The maximum absolute atomic E-state index is 13.1. The summed E-state index contributed by atoms with van der Waals surface area (Å²) in [5.74, 6) is 1.06. The van der Waals surface area contributed by atoms with E-state index in [0.717, 1.165) is 37.2 Å². The third-order valence-electron chi connectivity index (χ3n) is 5.84. The lowest BCUT2D eigenvalue weighted by atomic mass is 10.1. The van der Waals surface area contributed by atoms with Gasteiger partial charge in [-0.15, -0.1) is 0 Å². The first-order valence-corrected chi connectivity index (χ1v) is 10.0. The van der Waals surface area contributed by atoms with Crippen molar-refractivity contribution in [1.82, 2.24) is 19.9 Å².